The van der Waals surface area contributed by atoms with Crippen LogP contribution in [0.4, 0.5) is 5.69 Å². The SMILES string of the molecule is O=C1COc2c(C3=CSC4=NCCN34)cc(Cl)cc2N1CCc1ccccc1. The van der Waals surface area contributed by atoms with Crippen LogP contribution in [0.3, 0.4) is 0 Å². The van der Waals surface area contributed by atoms with Gasteiger partial charge in [0.25, 0.3) is 5.91 Å². The average molecular weight is 412 g/mol. The highest BCUT2D eigenvalue weighted by molar-refractivity contribution is 8.16. The first kappa shape index (κ1) is 17.6. The molecule has 0 aromatic heterocycles. The topological polar surface area (TPSA) is 45.1 Å². The quantitative estimate of drug-likeness (QED) is 0.762. The summed E-state index contributed by atoms with van der Waals surface area (Å²) in [5.74, 6) is 0.673. The fraction of sp³-hybridized carbons (Fsp3) is 0.238. The number of hydrogen-bond acceptors (Lipinski definition) is 5. The number of amidine groups is 1. The summed E-state index contributed by atoms with van der Waals surface area (Å²) in [6, 6.07) is 13.9. The Hall–Kier alpha value is -2.44. The smallest absolute Gasteiger partial charge is 0.265 e. The largest absolute Gasteiger partial charge is 0.481 e. The third-order valence-corrected chi connectivity index (χ3v) is 6.20. The molecule has 2 aromatic carbocycles. The van der Waals surface area contributed by atoms with Crippen LogP contribution < -0.4 is 9.64 Å². The number of ether oxygens (including phenoxy) is 1. The molecule has 0 saturated heterocycles. The lowest BCUT2D eigenvalue weighted by Gasteiger charge is -2.32. The van der Waals surface area contributed by atoms with Gasteiger partial charge in [0.15, 0.2) is 17.5 Å². The summed E-state index contributed by atoms with van der Waals surface area (Å²) in [5, 5.41) is 3.68. The number of fused-ring (bicyclic) bond motifs is 2. The fourth-order valence-corrected chi connectivity index (χ4v) is 4.90. The molecule has 0 radical (unpaired) electrons. The lowest BCUT2D eigenvalue weighted by molar-refractivity contribution is -0.121. The molecule has 142 valence electrons. The van der Waals surface area contributed by atoms with E-state index in [1.807, 2.05) is 30.3 Å². The molecule has 28 heavy (non-hydrogen) atoms. The van der Waals surface area contributed by atoms with Crippen molar-refractivity contribution >= 4 is 45.8 Å². The molecule has 0 saturated carbocycles. The second-order valence-electron chi connectivity index (χ2n) is 6.81. The van der Waals surface area contributed by atoms with E-state index in [1.165, 1.54) is 5.56 Å². The molecule has 1 amide bonds. The molecule has 7 heteroatoms. The minimum Gasteiger partial charge on any atom is -0.481 e. The van der Waals surface area contributed by atoms with Crippen LogP contribution in [0.25, 0.3) is 5.70 Å². The standard InChI is InChI=1S/C21H18ClN3O2S/c22-15-10-16(18-13-28-21-23-7-9-25(18)21)20-17(11-15)24(19(26)12-27-20)8-6-14-4-2-1-3-5-14/h1-5,10-11,13H,6-9,12H2. The summed E-state index contributed by atoms with van der Waals surface area (Å²) in [5.41, 5.74) is 3.89. The van der Waals surface area contributed by atoms with Gasteiger partial charge in [-0.2, -0.15) is 0 Å². The van der Waals surface area contributed by atoms with Gasteiger partial charge in [0.05, 0.1) is 17.9 Å². The zero-order valence-corrected chi connectivity index (χ0v) is 16.7. The molecule has 5 rings (SSSR count). The summed E-state index contributed by atoms with van der Waals surface area (Å²) in [7, 11) is 0. The fourth-order valence-electron chi connectivity index (χ4n) is 3.73. The Bertz CT molecular complexity index is 1010. The lowest BCUT2D eigenvalue weighted by Crippen LogP contribution is -2.40. The molecule has 0 atom stereocenters. The van der Waals surface area contributed by atoms with E-state index in [1.54, 1.807) is 16.7 Å². The summed E-state index contributed by atoms with van der Waals surface area (Å²) >= 11 is 8.07. The number of halogens is 1. The van der Waals surface area contributed by atoms with Crippen molar-refractivity contribution in [3.8, 4) is 5.75 Å². The minimum absolute atomic E-state index is 0.0395. The van der Waals surface area contributed by atoms with Crippen LogP contribution in [0.2, 0.25) is 5.02 Å². The maximum absolute atomic E-state index is 12.6. The molecule has 3 heterocycles. The number of aliphatic imine (C=N–C) groups is 1. The van der Waals surface area contributed by atoms with Gasteiger partial charge in [0, 0.05) is 29.1 Å². The Balaban J connectivity index is 1.50. The zero-order chi connectivity index (χ0) is 19.1. The van der Waals surface area contributed by atoms with E-state index in [-0.39, 0.29) is 12.5 Å². The highest BCUT2D eigenvalue weighted by Crippen LogP contribution is 2.45. The van der Waals surface area contributed by atoms with E-state index < -0.39 is 0 Å². The van der Waals surface area contributed by atoms with Crippen LogP contribution in [0.15, 0.2) is 52.9 Å². The first-order valence-electron chi connectivity index (χ1n) is 9.20. The van der Waals surface area contributed by atoms with Crippen LogP contribution >= 0.6 is 23.4 Å². The van der Waals surface area contributed by atoms with E-state index >= 15 is 0 Å². The Morgan fingerprint density at radius 3 is 2.93 bits per heavy atom. The number of amides is 1. The van der Waals surface area contributed by atoms with Crippen molar-refractivity contribution in [1.29, 1.82) is 0 Å². The second kappa shape index (κ2) is 7.18. The van der Waals surface area contributed by atoms with Gasteiger partial charge < -0.3 is 14.5 Å². The molecular formula is C21H18ClN3O2S. The summed E-state index contributed by atoms with van der Waals surface area (Å²) in [4.78, 5) is 21.1. The molecule has 0 bridgehead atoms. The first-order valence-corrected chi connectivity index (χ1v) is 10.5. The Morgan fingerprint density at radius 2 is 2.07 bits per heavy atom. The van der Waals surface area contributed by atoms with Gasteiger partial charge in [-0.05, 0) is 24.1 Å². The van der Waals surface area contributed by atoms with Crippen LogP contribution in [0.1, 0.15) is 11.1 Å². The van der Waals surface area contributed by atoms with Crippen molar-refractivity contribution in [2.45, 2.75) is 6.42 Å². The third kappa shape index (κ3) is 3.06. The molecule has 0 fully saturated rings. The van der Waals surface area contributed by atoms with Gasteiger partial charge in [0.1, 0.15) is 0 Å². The number of hydrogen-bond donors (Lipinski definition) is 0. The maximum atomic E-state index is 12.6. The minimum atomic E-state index is -0.0464. The molecule has 0 aliphatic carbocycles. The van der Waals surface area contributed by atoms with Crippen molar-refractivity contribution < 1.29 is 9.53 Å². The molecular weight excluding hydrogens is 394 g/mol. The van der Waals surface area contributed by atoms with Gasteiger partial charge in [0.2, 0.25) is 0 Å². The number of benzene rings is 2. The van der Waals surface area contributed by atoms with E-state index in [0.29, 0.717) is 11.6 Å². The van der Waals surface area contributed by atoms with Crippen molar-refractivity contribution in [2.24, 2.45) is 4.99 Å². The van der Waals surface area contributed by atoms with Gasteiger partial charge in [-0.15, -0.1) is 0 Å². The van der Waals surface area contributed by atoms with Crippen molar-refractivity contribution in [3.05, 3.63) is 64.0 Å². The van der Waals surface area contributed by atoms with Crippen LogP contribution in [-0.4, -0.2) is 42.2 Å². The van der Waals surface area contributed by atoms with Gasteiger partial charge in [-0.25, -0.2) is 0 Å². The molecule has 0 unspecified atom stereocenters. The Morgan fingerprint density at radius 1 is 1.21 bits per heavy atom. The second-order valence-corrected chi connectivity index (χ2v) is 8.08. The monoisotopic (exact) mass is 411 g/mol. The number of carbonyl (C=O) groups excluding carboxylic acids is 1. The lowest BCUT2D eigenvalue weighted by atomic mass is 10.1. The van der Waals surface area contributed by atoms with Crippen molar-refractivity contribution in [2.75, 3.05) is 31.1 Å². The Labute approximate surface area is 172 Å². The van der Waals surface area contributed by atoms with Gasteiger partial charge in [-0.3, -0.25) is 9.79 Å². The van der Waals surface area contributed by atoms with E-state index in [0.717, 1.165) is 47.4 Å². The van der Waals surface area contributed by atoms with Crippen LogP contribution in [0.5, 0.6) is 5.75 Å². The molecule has 5 nitrogen and oxygen atoms in total. The summed E-state index contributed by atoms with van der Waals surface area (Å²) in [6.07, 6.45) is 0.773. The normalized spacial score (nSPS) is 17.8. The van der Waals surface area contributed by atoms with Crippen LogP contribution in [-0.2, 0) is 11.2 Å². The molecule has 0 N–H and O–H groups in total. The molecule has 3 aliphatic heterocycles. The predicted molar refractivity (Wildman–Crippen MR) is 114 cm³/mol. The highest BCUT2D eigenvalue weighted by atomic mass is 35.5. The number of rotatable bonds is 4. The highest BCUT2D eigenvalue weighted by Gasteiger charge is 2.33. The summed E-state index contributed by atoms with van der Waals surface area (Å²) in [6.45, 7) is 2.28. The first-order chi connectivity index (χ1) is 13.7. The molecule has 2 aromatic rings. The van der Waals surface area contributed by atoms with Crippen molar-refractivity contribution in [3.63, 3.8) is 0 Å². The van der Waals surface area contributed by atoms with E-state index in [9.17, 15) is 4.79 Å². The number of carbonyl (C=O) groups is 1. The number of nitrogens with zero attached hydrogens (tertiary/aromatic N) is 3. The van der Waals surface area contributed by atoms with Crippen molar-refractivity contribution in [1.82, 2.24) is 4.90 Å². The maximum Gasteiger partial charge on any atom is 0.265 e. The Kier molecular flexibility index (Phi) is 4.53. The van der Waals surface area contributed by atoms with Gasteiger partial charge in [-0.1, -0.05) is 53.7 Å². The molecule has 3 aliphatic rings. The van der Waals surface area contributed by atoms with E-state index in [4.69, 9.17) is 16.3 Å². The van der Waals surface area contributed by atoms with E-state index in [2.05, 4.69) is 27.4 Å². The molecule has 0 spiro atoms. The number of anilines is 1. The average Bonchev–Trinajstić information content (AvgIpc) is 3.31. The summed E-state index contributed by atoms with van der Waals surface area (Å²) < 4.78 is 5.90. The zero-order valence-electron chi connectivity index (χ0n) is 15.1. The van der Waals surface area contributed by atoms with Crippen LogP contribution in [0, 0.1) is 0 Å². The third-order valence-electron chi connectivity index (χ3n) is 5.08. The number of thioether (sulfide) groups is 1. The van der Waals surface area contributed by atoms with Gasteiger partial charge >= 0.3 is 0 Å². The predicted octanol–water partition coefficient (Wildman–Crippen LogP) is 4.02.